The van der Waals surface area contributed by atoms with E-state index in [1.54, 1.807) is 35.0 Å². The summed E-state index contributed by atoms with van der Waals surface area (Å²) >= 11 is 0. The van der Waals surface area contributed by atoms with Crippen molar-refractivity contribution in [2.75, 3.05) is 11.9 Å². The molecule has 6 heteroatoms. The average molecular weight is 378 g/mol. The van der Waals surface area contributed by atoms with Crippen LogP contribution in [0, 0.1) is 0 Å². The quantitative estimate of drug-likeness (QED) is 0.364. The fourth-order valence-corrected chi connectivity index (χ4v) is 2.94. The number of anilines is 1. The fraction of sp³-hybridized carbons (Fsp3) is 0.227. The highest BCUT2D eigenvalue weighted by molar-refractivity contribution is 5.99. The van der Waals surface area contributed by atoms with Gasteiger partial charge in [0, 0.05) is 28.4 Å². The molecule has 1 amide bonds. The molecular formula is C22H22N2O4. The summed E-state index contributed by atoms with van der Waals surface area (Å²) < 4.78 is 6.91. The van der Waals surface area contributed by atoms with Crippen molar-refractivity contribution in [2.24, 2.45) is 0 Å². The number of hydrogen-bond acceptors (Lipinski definition) is 4. The molecule has 0 fully saturated rings. The van der Waals surface area contributed by atoms with Gasteiger partial charge in [-0.2, -0.15) is 0 Å². The average Bonchev–Trinajstić information content (AvgIpc) is 3.06. The number of nitrogens with one attached hydrogen (secondary N) is 1. The minimum absolute atomic E-state index is 0.0785. The van der Waals surface area contributed by atoms with Crippen molar-refractivity contribution in [1.29, 1.82) is 0 Å². The molecule has 0 atom stereocenters. The van der Waals surface area contributed by atoms with Crippen LogP contribution in [0.1, 0.15) is 40.5 Å². The predicted molar refractivity (Wildman–Crippen MR) is 108 cm³/mol. The minimum atomic E-state index is -0.369. The number of fused-ring (bicyclic) bond motifs is 1. The maximum absolute atomic E-state index is 12.4. The van der Waals surface area contributed by atoms with Crippen molar-refractivity contribution < 1.29 is 19.1 Å². The van der Waals surface area contributed by atoms with Crippen LogP contribution >= 0.6 is 0 Å². The summed E-state index contributed by atoms with van der Waals surface area (Å²) in [6.45, 7) is 2.51. The number of aldehydes is 1. The van der Waals surface area contributed by atoms with Crippen molar-refractivity contribution in [3.8, 4) is 0 Å². The first-order valence-electron chi connectivity index (χ1n) is 9.22. The van der Waals surface area contributed by atoms with Gasteiger partial charge in [-0.25, -0.2) is 4.79 Å². The standard InChI is InChI=1S/C22H22N2O4/c1-2-3-12-28-22(27)16-8-10-18(11-9-16)23-21(26)14-24-13-17(15-25)19-6-4-5-7-20(19)24/h4-11,13,15H,2-3,12,14H2,1H3,(H,23,26). The van der Waals surface area contributed by atoms with Crippen LogP contribution in [0.25, 0.3) is 10.9 Å². The number of aromatic nitrogens is 1. The Morgan fingerprint density at radius 3 is 2.57 bits per heavy atom. The Kier molecular flexibility index (Phi) is 6.22. The highest BCUT2D eigenvalue weighted by Crippen LogP contribution is 2.20. The first-order valence-corrected chi connectivity index (χ1v) is 9.22. The third-order valence-corrected chi connectivity index (χ3v) is 4.40. The lowest BCUT2D eigenvalue weighted by Gasteiger charge is -2.08. The molecule has 0 aliphatic carbocycles. The third-order valence-electron chi connectivity index (χ3n) is 4.40. The number of benzene rings is 2. The molecule has 1 heterocycles. The molecule has 0 bridgehead atoms. The monoisotopic (exact) mass is 378 g/mol. The van der Waals surface area contributed by atoms with E-state index in [0.717, 1.165) is 30.0 Å². The summed E-state index contributed by atoms with van der Waals surface area (Å²) in [5, 5.41) is 3.62. The van der Waals surface area contributed by atoms with Crippen LogP contribution in [0.2, 0.25) is 0 Å². The van der Waals surface area contributed by atoms with E-state index in [-0.39, 0.29) is 18.4 Å². The number of carbonyl (C=O) groups is 3. The van der Waals surface area contributed by atoms with Crippen LogP contribution < -0.4 is 5.32 Å². The normalized spacial score (nSPS) is 10.6. The third kappa shape index (κ3) is 4.46. The van der Waals surface area contributed by atoms with Crippen molar-refractivity contribution >= 4 is 34.8 Å². The summed E-state index contributed by atoms with van der Waals surface area (Å²) in [5.74, 6) is -0.594. The maximum Gasteiger partial charge on any atom is 0.338 e. The van der Waals surface area contributed by atoms with Gasteiger partial charge in [-0.1, -0.05) is 31.5 Å². The highest BCUT2D eigenvalue weighted by Gasteiger charge is 2.11. The number of rotatable bonds is 8. The van der Waals surface area contributed by atoms with Gasteiger partial charge in [-0.15, -0.1) is 0 Å². The zero-order valence-electron chi connectivity index (χ0n) is 15.7. The van der Waals surface area contributed by atoms with Gasteiger partial charge >= 0.3 is 5.97 Å². The maximum atomic E-state index is 12.4. The second-order valence-electron chi connectivity index (χ2n) is 6.46. The lowest BCUT2D eigenvalue weighted by atomic mass is 10.2. The van der Waals surface area contributed by atoms with E-state index in [9.17, 15) is 14.4 Å². The molecule has 144 valence electrons. The molecule has 0 spiro atoms. The van der Waals surface area contributed by atoms with Gasteiger partial charge in [0.2, 0.25) is 5.91 Å². The van der Waals surface area contributed by atoms with Gasteiger partial charge < -0.3 is 14.6 Å². The van der Waals surface area contributed by atoms with E-state index in [1.807, 2.05) is 31.2 Å². The van der Waals surface area contributed by atoms with E-state index >= 15 is 0 Å². The zero-order valence-corrected chi connectivity index (χ0v) is 15.7. The van der Waals surface area contributed by atoms with Gasteiger partial charge in [0.1, 0.15) is 6.54 Å². The van der Waals surface area contributed by atoms with E-state index in [4.69, 9.17) is 4.74 Å². The van der Waals surface area contributed by atoms with Gasteiger partial charge in [-0.05, 0) is 36.8 Å². The summed E-state index contributed by atoms with van der Waals surface area (Å²) in [5.41, 5.74) is 2.41. The van der Waals surface area contributed by atoms with Crippen LogP contribution in [-0.2, 0) is 16.1 Å². The fourth-order valence-electron chi connectivity index (χ4n) is 2.94. The number of para-hydroxylation sites is 1. The molecule has 0 saturated carbocycles. The number of nitrogens with zero attached hydrogens (tertiary/aromatic N) is 1. The smallest absolute Gasteiger partial charge is 0.338 e. The molecule has 1 N–H and O–H groups in total. The molecule has 1 aromatic heterocycles. The largest absolute Gasteiger partial charge is 0.462 e. The second-order valence-corrected chi connectivity index (χ2v) is 6.46. The molecule has 0 radical (unpaired) electrons. The minimum Gasteiger partial charge on any atom is -0.462 e. The van der Waals surface area contributed by atoms with E-state index in [0.29, 0.717) is 23.4 Å². The molecule has 0 aliphatic rings. The van der Waals surface area contributed by atoms with E-state index < -0.39 is 0 Å². The van der Waals surface area contributed by atoms with Gasteiger partial charge in [0.15, 0.2) is 6.29 Å². The Balaban J connectivity index is 1.64. The van der Waals surface area contributed by atoms with Crippen molar-refractivity contribution in [3.05, 3.63) is 65.9 Å². The zero-order chi connectivity index (χ0) is 19.9. The number of amides is 1. The van der Waals surface area contributed by atoms with Gasteiger partial charge in [0.05, 0.1) is 12.2 Å². The molecule has 6 nitrogen and oxygen atoms in total. The summed E-state index contributed by atoms with van der Waals surface area (Å²) in [7, 11) is 0. The molecular weight excluding hydrogens is 356 g/mol. The lowest BCUT2D eigenvalue weighted by Crippen LogP contribution is -2.18. The van der Waals surface area contributed by atoms with Crippen LogP contribution in [0.4, 0.5) is 5.69 Å². The topological polar surface area (TPSA) is 77.4 Å². The Hall–Kier alpha value is -3.41. The van der Waals surface area contributed by atoms with Gasteiger partial charge in [-0.3, -0.25) is 9.59 Å². The number of carbonyl (C=O) groups excluding carboxylic acids is 3. The highest BCUT2D eigenvalue weighted by atomic mass is 16.5. The SMILES string of the molecule is CCCCOC(=O)c1ccc(NC(=O)Cn2cc(C=O)c3ccccc32)cc1. The molecule has 0 unspecified atom stereocenters. The number of hydrogen-bond donors (Lipinski definition) is 1. The number of unbranched alkanes of at least 4 members (excludes halogenated alkanes) is 1. The summed E-state index contributed by atoms with van der Waals surface area (Å²) in [4.78, 5) is 35.5. The Morgan fingerprint density at radius 2 is 1.86 bits per heavy atom. The molecule has 3 rings (SSSR count). The lowest BCUT2D eigenvalue weighted by molar-refractivity contribution is -0.116. The molecule has 0 saturated heterocycles. The first-order chi connectivity index (χ1) is 13.6. The number of esters is 1. The van der Waals surface area contributed by atoms with Crippen LogP contribution in [-0.4, -0.2) is 29.3 Å². The Bertz CT molecular complexity index is 989. The Labute approximate surface area is 163 Å². The summed E-state index contributed by atoms with van der Waals surface area (Å²) in [6, 6.07) is 14.0. The van der Waals surface area contributed by atoms with Crippen LogP contribution in [0.3, 0.4) is 0 Å². The van der Waals surface area contributed by atoms with Gasteiger partial charge in [0.25, 0.3) is 0 Å². The summed E-state index contributed by atoms with van der Waals surface area (Å²) in [6.07, 6.45) is 4.25. The first kappa shape index (κ1) is 19.4. The molecule has 28 heavy (non-hydrogen) atoms. The molecule has 2 aromatic carbocycles. The van der Waals surface area contributed by atoms with Crippen molar-refractivity contribution in [1.82, 2.24) is 4.57 Å². The van der Waals surface area contributed by atoms with Crippen LogP contribution in [0.15, 0.2) is 54.7 Å². The number of ether oxygens (including phenoxy) is 1. The van der Waals surface area contributed by atoms with E-state index in [1.165, 1.54) is 0 Å². The second kappa shape index (κ2) is 8.99. The van der Waals surface area contributed by atoms with Crippen molar-refractivity contribution in [3.63, 3.8) is 0 Å². The van der Waals surface area contributed by atoms with Crippen LogP contribution in [0.5, 0.6) is 0 Å². The van der Waals surface area contributed by atoms with E-state index in [2.05, 4.69) is 5.32 Å². The Morgan fingerprint density at radius 1 is 1.11 bits per heavy atom. The van der Waals surface area contributed by atoms with Crippen molar-refractivity contribution in [2.45, 2.75) is 26.3 Å². The molecule has 3 aromatic rings. The molecule has 0 aliphatic heterocycles. The predicted octanol–water partition coefficient (Wildman–Crippen LogP) is 4.05.